The van der Waals surface area contributed by atoms with Crippen LogP contribution >= 0.6 is 0 Å². The zero-order valence-electron chi connectivity index (χ0n) is 26.0. The van der Waals surface area contributed by atoms with Crippen LogP contribution in [-0.4, -0.2) is 44.3 Å². The van der Waals surface area contributed by atoms with Gasteiger partial charge in [-0.15, -0.1) is 0 Å². The predicted molar refractivity (Wildman–Crippen MR) is 177 cm³/mol. The summed E-state index contributed by atoms with van der Waals surface area (Å²) in [6.45, 7) is 7.62. The molecular formula is C36H34FN7OSi. The predicted octanol–water partition coefficient (Wildman–Crippen LogP) is 6.19. The molecule has 1 saturated carbocycles. The maximum Gasteiger partial charge on any atom is 0.261 e. The number of fused-ring (bicyclic) bond motifs is 1. The fraction of sp³-hybridized carbons (Fsp3) is 0.250. The summed E-state index contributed by atoms with van der Waals surface area (Å²) in [4.78, 5) is 8.67. The Morgan fingerprint density at radius 2 is 1.59 bits per heavy atom. The number of benzene rings is 2. The van der Waals surface area contributed by atoms with Crippen LogP contribution in [0.5, 0.6) is 0 Å². The summed E-state index contributed by atoms with van der Waals surface area (Å²) >= 11 is 0. The second-order valence-corrected chi connectivity index (χ2v) is 17.3. The summed E-state index contributed by atoms with van der Waals surface area (Å²) in [6, 6.07) is 26.8. The molecule has 0 spiro atoms. The van der Waals surface area contributed by atoms with Gasteiger partial charge in [-0.2, -0.15) is 19.8 Å². The first-order chi connectivity index (χ1) is 22.3. The number of halogens is 1. The Labute approximate surface area is 268 Å². The highest BCUT2D eigenvalue weighted by atomic mass is 28.4. The average Bonchev–Trinajstić information content (AvgIpc) is 3.70. The van der Waals surface area contributed by atoms with Gasteiger partial charge in [0.15, 0.2) is 0 Å². The minimum Gasteiger partial charge on any atom is -0.407 e. The summed E-state index contributed by atoms with van der Waals surface area (Å²) in [5.41, 5.74) is 3.52. The molecular weight excluding hydrogens is 594 g/mol. The number of hydrogen-bond donors (Lipinski definition) is 0. The quantitative estimate of drug-likeness (QED) is 0.148. The van der Waals surface area contributed by atoms with Crippen molar-refractivity contribution < 1.29 is 8.82 Å². The van der Waals surface area contributed by atoms with Gasteiger partial charge < -0.3 is 4.43 Å². The molecule has 4 aromatic heterocycles. The van der Waals surface area contributed by atoms with E-state index < -0.39 is 14.3 Å². The maximum atomic E-state index is 13.6. The molecule has 0 atom stereocenters. The summed E-state index contributed by atoms with van der Waals surface area (Å²) in [5, 5.41) is 21.3. The topological polar surface area (TPSA) is 93.9 Å². The summed E-state index contributed by atoms with van der Waals surface area (Å²) in [6.07, 6.45) is 10.5. The molecule has 2 aromatic carbocycles. The van der Waals surface area contributed by atoms with E-state index in [0.29, 0.717) is 40.6 Å². The smallest absolute Gasteiger partial charge is 0.261 e. The molecule has 10 heteroatoms. The molecule has 0 saturated heterocycles. The van der Waals surface area contributed by atoms with E-state index in [4.69, 9.17) is 14.5 Å². The Hall–Kier alpha value is -4.98. The van der Waals surface area contributed by atoms with Crippen LogP contribution in [0.4, 0.5) is 4.39 Å². The number of nitriles is 1. The van der Waals surface area contributed by atoms with Gasteiger partial charge in [0.2, 0.25) is 5.95 Å². The lowest BCUT2D eigenvalue weighted by Crippen LogP contribution is -2.67. The SMILES string of the molecule is CC(C)(C)[Si](OCC1CC(n2cc(-c3cn4ncc(C#N)c4c(-c4ccc(F)nc4)n3)cn2)C1)(c1ccccc1)c1ccccc1. The van der Waals surface area contributed by atoms with Crippen molar-refractivity contribution in [2.75, 3.05) is 6.61 Å². The molecule has 8 nitrogen and oxygen atoms in total. The molecule has 0 radical (unpaired) electrons. The van der Waals surface area contributed by atoms with Gasteiger partial charge in [0.25, 0.3) is 8.32 Å². The maximum absolute atomic E-state index is 13.6. The Balaban J connectivity index is 1.11. The van der Waals surface area contributed by atoms with Crippen LogP contribution in [0.2, 0.25) is 5.04 Å². The molecule has 230 valence electrons. The van der Waals surface area contributed by atoms with E-state index in [9.17, 15) is 9.65 Å². The number of rotatable bonds is 8. The monoisotopic (exact) mass is 627 g/mol. The van der Waals surface area contributed by atoms with Crippen molar-refractivity contribution in [3.05, 3.63) is 115 Å². The van der Waals surface area contributed by atoms with Crippen LogP contribution in [0.15, 0.2) is 104 Å². The second-order valence-electron chi connectivity index (χ2n) is 13.0. The highest BCUT2D eigenvalue weighted by molar-refractivity contribution is 6.99. The van der Waals surface area contributed by atoms with Gasteiger partial charge in [-0.1, -0.05) is 81.4 Å². The minimum absolute atomic E-state index is 0.0603. The van der Waals surface area contributed by atoms with Crippen LogP contribution < -0.4 is 10.4 Å². The van der Waals surface area contributed by atoms with Gasteiger partial charge in [0.1, 0.15) is 17.1 Å². The van der Waals surface area contributed by atoms with Crippen molar-refractivity contribution in [2.24, 2.45) is 5.92 Å². The molecule has 4 heterocycles. The van der Waals surface area contributed by atoms with Gasteiger partial charge in [-0.05, 0) is 46.3 Å². The number of pyridine rings is 1. The first-order valence-electron chi connectivity index (χ1n) is 15.5. The van der Waals surface area contributed by atoms with Crippen LogP contribution in [0, 0.1) is 23.2 Å². The largest absolute Gasteiger partial charge is 0.407 e. The number of hydrogen-bond acceptors (Lipinski definition) is 6. The van der Waals surface area contributed by atoms with E-state index in [1.165, 1.54) is 28.8 Å². The third-order valence-electron chi connectivity index (χ3n) is 9.05. The highest BCUT2D eigenvalue weighted by Crippen LogP contribution is 2.42. The zero-order chi connectivity index (χ0) is 31.9. The van der Waals surface area contributed by atoms with Crippen molar-refractivity contribution >= 4 is 24.2 Å². The lowest BCUT2D eigenvalue weighted by atomic mass is 9.81. The normalized spacial score (nSPS) is 16.7. The molecule has 1 aliphatic carbocycles. The van der Waals surface area contributed by atoms with E-state index >= 15 is 0 Å². The third kappa shape index (κ3) is 5.21. The molecule has 0 amide bonds. The molecule has 0 aliphatic heterocycles. The van der Waals surface area contributed by atoms with Gasteiger partial charge >= 0.3 is 0 Å². The highest BCUT2D eigenvalue weighted by Gasteiger charge is 2.50. The van der Waals surface area contributed by atoms with E-state index in [2.05, 4.69) is 97.6 Å². The Morgan fingerprint density at radius 1 is 0.891 bits per heavy atom. The fourth-order valence-corrected chi connectivity index (χ4v) is 11.3. The molecule has 0 unspecified atom stereocenters. The molecule has 6 aromatic rings. The summed E-state index contributed by atoms with van der Waals surface area (Å²) in [5.74, 6) is -0.151. The molecule has 1 aliphatic rings. The molecule has 1 fully saturated rings. The third-order valence-corrected chi connectivity index (χ3v) is 14.1. The van der Waals surface area contributed by atoms with Gasteiger partial charge in [-0.25, -0.2) is 14.5 Å². The van der Waals surface area contributed by atoms with Gasteiger partial charge in [-0.3, -0.25) is 4.68 Å². The van der Waals surface area contributed by atoms with Crippen molar-refractivity contribution in [1.82, 2.24) is 29.4 Å². The number of nitrogens with zero attached hydrogens (tertiary/aromatic N) is 7. The average molecular weight is 628 g/mol. The minimum atomic E-state index is -2.58. The van der Waals surface area contributed by atoms with Crippen molar-refractivity contribution in [1.29, 1.82) is 5.26 Å². The van der Waals surface area contributed by atoms with Crippen LogP contribution in [-0.2, 0) is 4.43 Å². The fourth-order valence-electron chi connectivity index (χ4n) is 6.68. The van der Waals surface area contributed by atoms with Crippen LogP contribution in [0.3, 0.4) is 0 Å². The molecule has 7 rings (SSSR count). The van der Waals surface area contributed by atoms with Crippen LogP contribution in [0.25, 0.3) is 28.0 Å². The standard InChI is InChI=1S/C36H34FN7OSi/c1-36(2,3)46(30-10-6-4-7-11-30,31-12-8-5-9-13-31)45-24-25-16-29(17-25)43-22-28(21-40-43)32-23-44-35(27(18-38)20-41-44)34(42-32)26-14-15-33(37)39-19-26/h4-15,19-23,25,29H,16-17,24H2,1-3H3. The van der Waals surface area contributed by atoms with E-state index in [0.717, 1.165) is 18.4 Å². The van der Waals surface area contributed by atoms with E-state index in [1.807, 2.05) is 17.1 Å². The Kier molecular flexibility index (Phi) is 7.59. The zero-order valence-corrected chi connectivity index (χ0v) is 27.0. The van der Waals surface area contributed by atoms with Crippen molar-refractivity contribution in [3.8, 4) is 28.6 Å². The van der Waals surface area contributed by atoms with Crippen LogP contribution in [0.1, 0.15) is 45.2 Å². The van der Waals surface area contributed by atoms with E-state index in [-0.39, 0.29) is 11.1 Å². The number of aromatic nitrogens is 6. The van der Waals surface area contributed by atoms with Gasteiger partial charge in [0, 0.05) is 30.1 Å². The first-order valence-corrected chi connectivity index (χ1v) is 17.4. The molecule has 0 N–H and O–H groups in total. The molecule has 46 heavy (non-hydrogen) atoms. The summed E-state index contributed by atoms with van der Waals surface area (Å²) in [7, 11) is -2.58. The van der Waals surface area contributed by atoms with Gasteiger partial charge in [0.05, 0.1) is 36.0 Å². The van der Waals surface area contributed by atoms with E-state index in [1.54, 1.807) is 16.8 Å². The second kappa shape index (κ2) is 11.7. The Bertz CT molecular complexity index is 1980. The summed E-state index contributed by atoms with van der Waals surface area (Å²) < 4.78 is 24.4. The molecule has 0 bridgehead atoms. The van der Waals surface area contributed by atoms with Crippen molar-refractivity contribution in [2.45, 2.75) is 44.7 Å². The lowest BCUT2D eigenvalue weighted by molar-refractivity contribution is 0.112. The first kappa shape index (κ1) is 29.7. The Morgan fingerprint density at radius 3 is 2.20 bits per heavy atom. The lowest BCUT2D eigenvalue weighted by Gasteiger charge is -2.45. The van der Waals surface area contributed by atoms with Crippen molar-refractivity contribution in [3.63, 3.8) is 0 Å².